The molecule has 2 saturated heterocycles. The highest BCUT2D eigenvalue weighted by Crippen LogP contribution is 2.34. The quantitative estimate of drug-likeness (QED) is 0.532. The molecular weight excluding hydrogens is 262 g/mol. The summed E-state index contributed by atoms with van der Waals surface area (Å²) in [5.41, 5.74) is -1.04. The van der Waals surface area contributed by atoms with Crippen LogP contribution >= 0.6 is 15.9 Å². The van der Waals surface area contributed by atoms with Crippen LogP contribution in [0.25, 0.3) is 0 Å². The summed E-state index contributed by atoms with van der Waals surface area (Å²) >= 11 is 3.33. The number of carbonyl (C=O) groups is 2. The van der Waals surface area contributed by atoms with Gasteiger partial charge in [0.25, 0.3) is 5.91 Å². The van der Waals surface area contributed by atoms with Gasteiger partial charge in [-0.15, -0.1) is 0 Å². The van der Waals surface area contributed by atoms with Crippen LogP contribution in [0.15, 0.2) is 0 Å². The van der Waals surface area contributed by atoms with Gasteiger partial charge in [-0.3, -0.25) is 4.79 Å². The molecule has 0 aromatic heterocycles. The van der Waals surface area contributed by atoms with Crippen molar-refractivity contribution in [3.8, 4) is 0 Å². The van der Waals surface area contributed by atoms with Crippen molar-refractivity contribution in [3.05, 3.63) is 0 Å². The Labute approximate surface area is 97.1 Å². The summed E-state index contributed by atoms with van der Waals surface area (Å²) in [5.74, 6) is -0.338. The molecule has 2 rings (SSSR count). The topological polar surface area (TPSA) is 46.6 Å². The van der Waals surface area contributed by atoms with Crippen LogP contribution in [0.1, 0.15) is 26.7 Å². The second kappa shape index (κ2) is 3.47. The van der Waals surface area contributed by atoms with Crippen molar-refractivity contribution in [1.82, 2.24) is 4.90 Å². The highest BCUT2D eigenvalue weighted by Gasteiger charge is 2.53. The average Bonchev–Trinajstić information content (AvgIpc) is 2.62. The summed E-state index contributed by atoms with van der Waals surface area (Å²) in [6, 6.07) is -0.336. The Morgan fingerprint density at radius 2 is 2.27 bits per heavy atom. The zero-order chi connectivity index (χ0) is 11.2. The van der Waals surface area contributed by atoms with Crippen molar-refractivity contribution in [3.63, 3.8) is 0 Å². The Kier molecular flexibility index (Phi) is 2.53. The molecule has 0 aromatic rings. The van der Waals surface area contributed by atoms with Gasteiger partial charge in [-0.05, 0) is 26.7 Å². The second-order valence-corrected chi connectivity index (χ2v) is 5.67. The van der Waals surface area contributed by atoms with Crippen molar-refractivity contribution in [1.29, 1.82) is 0 Å². The van der Waals surface area contributed by atoms with E-state index in [-0.39, 0.29) is 22.7 Å². The summed E-state index contributed by atoms with van der Waals surface area (Å²) in [4.78, 5) is 25.3. The van der Waals surface area contributed by atoms with E-state index in [1.54, 1.807) is 11.8 Å². The maximum absolute atomic E-state index is 12.1. The number of cyclic esters (lactones) is 1. The van der Waals surface area contributed by atoms with Gasteiger partial charge in [0, 0.05) is 6.54 Å². The summed E-state index contributed by atoms with van der Waals surface area (Å²) in [5, 5.41) is 0. The number of esters is 1. The zero-order valence-electron chi connectivity index (χ0n) is 8.83. The van der Waals surface area contributed by atoms with Crippen LogP contribution in [-0.4, -0.2) is 39.8 Å². The molecule has 1 amide bonds. The van der Waals surface area contributed by atoms with Crippen LogP contribution in [-0.2, 0) is 14.3 Å². The van der Waals surface area contributed by atoms with Crippen molar-refractivity contribution in [2.45, 2.75) is 43.2 Å². The van der Waals surface area contributed by atoms with E-state index in [1.807, 2.05) is 6.92 Å². The monoisotopic (exact) mass is 275 g/mol. The molecule has 0 bridgehead atoms. The first-order valence-electron chi connectivity index (χ1n) is 5.15. The molecule has 0 saturated carbocycles. The third kappa shape index (κ3) is 1.48. The Bertz CT molecular complexity index is 318. The minimum atomic E-state index is -1.04. The number of hydrogen-bond donors (Lipinski definition) is 0. The fourth-order valence-electron chi connectivity index (χ4n) is 2.11. The molecule has 0 aliphatic carbocycles. The normalized spacial score (nSPS) is 37.5. The van der Waals surface area contributed by atoms with Gasteiger partial charge in [-0.1, -0.05) is 15.9 Å². The Balaban J connectivity index is 2.32. The molecule has 0 radical (unpaired) electrons. The van der Waals surface area contributed by atoms with E-state index in [0.717, 1.165) is 12.8 Å². The Morgan fingerprint density at radius 3 is 2.87 bits per heavy atom. The van der Waals surface area contributed by atoms with E-state index in [9.17, 15) is 9.59 Å². The maximum Gasteiger partial charge on any atom is 0.329 e. The van der Waals surface area contributed by atoms with E-state index in [4.69, 9.17) is 4.74 Å². The number of morpholine rings is 1. The standard InChI is InChI=1S/C10H14BrNO3/c1-6(11)10(2)9(14)12-5-3-4-7(12)8(13)15-10/h6-7H,3-5H2,1-2H3/t6-,7-,10-/m0/s1. The highest BCUT2D eigenvalue weighted by atomic mass is 79.9. The van der Waals surface area contributed by atoms with Crippen LogP contribution in [0.5, 0.6) is 0 Å². The van der Waals surface area contributed by atoms with Crippen LogP contribution in [0, 0.1) is 0 Å². The van der Waals surface area contributed by atoms with E-state index in [2.05, 4.69) is 15.9 Å². The minimum Gasteiger partial charge on any atom is -0.446 e. The first kappa shape index (κ1) is 10.9. The van der Waals surface area contributed by atoms with E-state index in [0.29, 0.717) is 6.54 Å². The molecule has 15 heavy (non-hydrogen) atoms. The van der Waals surface area contributed by atoms with E-state index >= 15 is 0 Å². The summed E-state index contributed by atoms with van der Waals surface area (Å²) in [6.07, 6.45) is 1.62. The second-order valence-electron chi connectivity index (χ2n) is 4.30. The number of alkyl halides is 1. The molecule has 4 nitrogen and oxygen atoms in total. The smallest absolute Gasteiger partial charge is 0.329 e. The lowest BCUT2D eigenvalue weighted by Gasteiger charge is -2.41. The van der Waals surface area contributed by atoms with Gasteiger partial charge in [-0.25, -0.2) is 4.79 Å². The molecule has 3 atom stereocenters. The largest absolute Gasteiger partial charge is 0.446 e. The van der Waals surface area contributed by atoms with Crippen LogP contribution in [0.4, 0.5) is 0 Å². The molecule has 2 aliphatic heterocycles. The van der Waals surface area contributed by atoms with Crippen molar-refractivity contribution in [2.24, 2.45) is 0 Å². The lowest BCUT2D eigenvalue weighted by atomic mass is 9.98. The van der Waals surface area contributed by atoms with Crippen LogP contribution < -0.4 is 0 Å². The molecule has 84 valence electrons. The van der Waals surface area contributed by atoms with Gasteiger partial charge in [0.05, 0.1) is 4.83 Å². The fraction of sp³-hybridized carbons (Fsp3) is 0.800. The highest BCUT2D eigenvalue weighted by molar-refractivity contribution is 9.09. The predicted molar refractivity (Wildman–Crippen MR) is 57.6 cm³/mol. The Hall–Kier alpha value is -0.580. The van der Waals surface area contributed by atoms with Gasteiger partial charge >= 0.3 is 5.97 Å². The fourth-order valence-corrected chi connectivity index (χ4v) is 2.40. The van der Waals surface area contributed by atoms with Crippen LogP contribution in [0.2, 0.25) is 0 Å². The molecule has 0 N–H and O–H groups in total. The van der Waals surface area contributed by atoms with Crippen molar-refractivity contribution in [2.75, 3.05) is 6.54 Å². The maximum atomic E-state index is 12.1. The molecule has 0 aromatic carbocycles. The number of fused-ring (bicyclic) bond motifs is 1. The zero-order valence-corrected chi connectivity index (χ0v) is 10.4. The molecular formula is C10H14BrNO3. The van der Waals surface area contributed by atoms with Gasteiger partial charge in [0.15, 0.2) is 5.60 Å². The summed E-state index contributed by atoms with van der Waals surface area (Å²) < 4.78 is 5.28. The van der Waals surface area contributed by atoms with Gasteiger partial charge in [0.1, 0.15) is 6.04 Å². The van der Waals surface area contributed by atoms with Gasteiger partial charge in [-0.2, -0.15) is 0 Å². The molecule has 2 aliphatic rings. The number of hydrogen-bond acceptors (Lipinski definition) is 3. The molecule has 0 unspecified atom stereocenters. The first-order chi connectivity index (χ1) is 6.97. The summed E-state index contributed by atoms with van der Waals surface area (Å²) in [7, 11) is 0. The minimum absolute atomic E-state index is 0.0750. The lowest BCUT2D eigenvalue weighted by Crippen LogP contribution is -2.62. The third-order valence-corrected chi connectivity index (χ3v) is 4.16. The first-order valence-corrected chi connectivity index (χ1v) is 6.06. The Morgan fingerprint density at radius 1 is 1.60 bits per heavy atom. The van der Waals surface area contributed by atoms with Crippen LogP contribution in [0.3, 0.4) is 0 Å². The van der Waals surface area contributed by atoms with Gasteiger partial charge in [0.2, 0.25) is 0 Å². The average molecular weight is 276 g/mol. The third-order valence-electron chi connectivity index (χ3n) is 3.28. The van der Waals surface area contributed by atoms with Crippen molar-refractivity contribution >= 4 is 27.8 Å². The number of rotatable bonds is 1. The molecule has 0 spiro atoms. The SMILES string of the molecule is C[C@H](Br)[C@]1(C)OC(=O)[C@@H]2CCCN2C1=O. The van der Waals surface area contributed by atoms with Gasteiger partial charge < -0.3 is 9.64 Å². The van der Waals surface area contributed by atoms with Crippen molar-refractivity contribution < 1.29 is 14.3 Å². The van der Waals surface area contributed by atoms with E-state index < -0.39 is 5.60 Å². The number of halogens is 1. The number of amides is 1. The molecule has 2 fully saturated rings. The summed E-state index contributed by atoms with van der Waals surface area (Å²) in [6.45, 7) is 4.16. The van der Waals surface area contributed by atoms with E-state index in [1.165, 1.54) is 0 Å². The lowest BCUT2D eigenvalue weighted by molar-refractivity contribution is -0.188. The molecule has 2 heterocycles. The number of nitrogens with zero attached hydrogens (tertiary/aromatic N) is 1. The predicted octanol–water partition coefficient (Wildman–Crippen LogP) is 1.08. The number of carbonyl (C=O) groups excluding carboxylic acids is 2. The molecule has 5 heteroatoms. The number of ether oxygens (including phenoxy) is 1.